The Hall–Kier alpha value is -3.39. The number of nitrogens with zero attached hydrogens (tertiary/aromatic N) is 5. The van der Waals surface area contributed by atoms with E-state index in [2.05, 4.69) is 32.0 Å². The molecule has 0 fully saturated rings. The number of fused-ring (bicyclic) bond motifs is 1. The Balaban J connectivity index is 1.92. The van der Waals surface area contributed by atoms with Crippen LogP contribution in [0.4, 0.5) is 11.6 Å². The van der Waals surface area contributed by atoms with Gasteiger partial charge in [-0.1, -0.05) is 12.1 Å². The van der Waals surface area contributed by atoms with Gasteiger partial charge in [0.25, 0.3) is 5.91 Å². The van der Waals surface area contributed by atoms with Crippen LogP contribution in [-0.2, 0) is 6.54 Å². The monoisotopic (exact) mass is 335 g/mol. The third-order valence-corrected chi connectivity index (χ3v) is 3.64. The first-order chi connectivity index (χ1) is 12.1. The van der Waals surface area contributed by atoms with Crippen LogP contribution in [-0.4, -0.2) is 34.6 Å². The van der Waals surface area contributed by atoms with Crippen LogP contribution in [0.25, 0.3) is 10.9 Å². The average molecular weight is 335 g/mol. The summed E-state index contributed by atoms with van der Waals surface area (Å²) < 4.78 is 0. The van der Waals surface area contributed by atoms with Crippen molar-refractivity contribution in [2.45, 2.75) is 6.54 Å². The molecule has 0 aliphatic rings. The van der Waals surface area contributed by atoms with Gasteiger partial charge in [0.2, 0.25) is 0 Å². The number of carbonyl (C=O) groups is 1. The molecule has 3 aromatic rings. The summed E-state index contributed by atoms with van der Waals surface area (Å²) >= 11 is 0. The van der Waals surface area contributed by atoms with Crippen LogP contribution in [0.15, 0.2) is 47.7 Å². The number of nitrogens with one attached hydrogen (secondary N) is 1. The fourth-order valence-electron chi connectivity index (χ4n) is 2.41. The molecule has 126 valence electrons. The Morgan fingerprint density at radius 2 is 2.20 bits per heavy atom. The highest BCUT2D eigenvalue weighted by Gasteiger charge is 2.15. The van der Waals surface area contributed by atoms with Gasteiger partial charge in [0.05, 0.1) is 18.3 Å². The van der Waals surface area contributed by atoms with Crippen molar-refractivity contribution in [3.63, 3.8) is 0 Å². The molecule has 0 saturated heterocycles. The molecule has 2 heterocycles. The maximum atomic E-state index is 11.8. The Labute approximate surface area is 144 Å². The van der Waals surface area contributed by atoms with E-state index in [0.29, 0.717) is 6.54 Å². The SMILES string of the molecule is C=Nc1ncc(C(=O)NC)nc1N(N)Cc1ccc2ncccc2c1. The van der Waals surface area contributed by atoms with Gasteiger partial charge in [-0.15, -0.1) is 0 Å². The average Bonchev–Trinajstić information content (AvgIpc) is 2.66. The van der Waals surface area contributed by atoms with Gasteiger partial charge in [-0.25, -0.2) is 20.8 Å². The van der Waals surface area contributed by atoms with E-state index in [0.717, 1.165) is 16.5 Å². The first-order valence-electron chi connectivity index (χ1n) is 7.54. The highest BCUT2D eigenvalue weighted by Crippen LogP contribution is 2.23. The number of anilines is 1. The molecule has 0 saturated carbocycles. The molecule has 1 aromatic carbocycles. The lowest BCUT2D eigenvalue weighted by Gasteiger charge is -2.19. The number of rotatable bonds is 5. The van der Waals surface area contributed by atoms with E-state index >= 15 is 0 Å². The molecule has 8 heteroatoms. The molecule has 0 atom stereocenters. The second-order valence-electron chi connectivity index (χ2n) is 5.30. The van der Waals surface area contributed by atoms with Gasteiger partial charge in [0, 0.05) is 18.6 Å². The van der Waals surface area contributed by atoms with E-state index in [-0.39, 0.29) is 23.2 Å². The predicted octanol–water partition coefficient (Wildman–Crippen LogP) is 1.60. The van der Waals surface area contributed by atoms with Gasteiger partial charge in [-0.05, 0) is 30.5 Å². The molecule has 0 aliphatic heterocycles. The zero-order valence-corrected chi connectivity index (χ0v) is 13.7. The largest absolute Gasteiger partial charge is 0.354 e. The van der Waals surface area contributed by atoms with E-state index in [1.807, 2.05) is 30.3 Å². The van der Waals surface area contributed by atoms with Crippen LogP contribution < -0.4 is 16.2 Å². The van der Waals surface area contributed by atoms with Crippen LogP contribution in [0.3, 0.4) is 0 Å². The smallest absolute Gasteiger partial charge is 0.271 e. The molecular weight excluding hydrogens is 318 g/mol. The van der Waals surface area contributed by atoms with Gasteiger partial charge >= 0.3 is 0 Å². The van der Waals surface area contributed by atoms with Crippen molar-refractivity contribution in [3.8, 4) is 0 Å². The molecule has 2 aromatic heterocycles. The number of aromatic nitrogens is 3. The molecule has 3 rings (SSSR count). The van der Waals surface area contributed by atoms with Crippen LogP contribution in [0.5, 0.6) is 0 Å². The quantitative estimate of drug-likeness (QED) is 0.416. The first kappa shape index (κ1) is 16.5. The summed E-state index contributed by atoms with van der Waals surface area (Å²) in [6.07, 6.45) is 3.08. The van der Waals surface area contributed by atoms with Gasteiger partial charge in [0.1, 0.15) is 5.69 Å². The lowest BCUT2D eigenvalue weighted by molar-refractivity contribution is 0.0958. The standard InChI is InChI=1S/C17H17N7O/c1-19-15-16(23-14(9-22-15)17(25)20-2)24(18)10-11-5-6-13-12(8-11)4-3-7-21-13/h3-9H,1,10,18H2,2H3,(H,20,25). The number of hydrogen-bond acceptors (Lipinski definition) is 7. The number of nitrogens with two attached hydrogens (primary N) is 1. The Kier molecular flexibility index (Phi) is 4.62. The Morgan fingerprint density at radius 3 is 2.96 bits per heavy atom. The molecule has 0 spiro atoms. The maximum Gasteiger partial charge on any atom is 0.271 e. The van der Waals surface area contributed by atoms with E-state index in [1.165, 1.54) is 18.3 Å². The predicted molar refractivity (Wildman–Crippen MR) is 96.7 cm³/mol. The summed E-state index contributed by atoms with van der Waals surface area (Å²) in [5.74, 6) is 6.34. The summed E-state index contributed by atoms with van der Waals surface area (Å²) in [4.78, 5) is 28.2. The zero-order chi connectivity index (χ0) is 17.8. The van der Waals surface area contributed by atoms with Gasteiger partial charge in [-0.2, -0.15) is 0 Å². The number of amides is 1. The topological polar surface area (TPSA) is 109 Å². The summed E-state index contributed by atoms with van der Waals surface area (Å²) in [5.41, 5.74) is 2.03. The van der Waals surface area contributed by atoms with E-state index in [1.54, 1.807) is 6.20 Å². The Morgan fingerprint density at radius 1 is 1.36 bits per heavy atom. The summed E-state index contributed by atoms with van der Waals surface area (Å²) in [6.45, 7) is 3.83. The molecule has 8 nitrogen and oxygen atoms in total. The van der Waals surface area contributed by atoms with Crippen molar-refractivity contribution in [3.05, 3.63) is 54.0 Å². The summed E-state index contributed by atoms with van der Waals surface area (Å²) in [5, 5.41) is 4.91. The van der Waals surface area contributed by atoms with Crippen LogP contribution in [0, 0.1) is 0 Å². The second kappa shape index (κ2) is 7.02. The normalized spacial score (nSPS) is 10.5. The molecule has 0 bridgehead atoms. The number of benzene rings is 1. The fourth-order valence-corrected chi connectivity index (χ4v) is 2.41. The summed E-state index contributed by atoms with van der Waals surface area (Å²) in [7, 11) is 1.52. The van der Waals surface area contributed by atoms with Crippen molar-refractivity contribution in [1.82, 2.24) is 20.3 Å². The van der Waals surface area contributed by atoms with Crippen molar-refractivity contribution in [1.29, 1.82) is 0 Å². The van der Waals surface area contributed by atoms with Crippen LogP contribution >= 0.6 is 0 Å². The highest BCUT2D eigenvalue weighted by atomic mass is 16.1. The number of pyridine rings is 1. The minimum Gasteiger partial charge on any atom is -0.354 e. The minimum atomic E-state index is -0.352. The van der Waals surface area contributed by atoms with Crippen LogP contribution in [0.2, 0.25) is 0 Å². The van der Waals surface area contributed by atoms with Gasteiger partial charge in [0.15, 0.2) is 11.6 Å². The summed E-state index contributed by atoms with van der Waals surface area (Å²) in [6, 6.07) is 9.73. The van der Waals surface area contributed by atoms with Crippen molar-refractivity contribution < 1.29 is 4.79 Å². The number of hydrogen-bond donors (Lipinski definition) is 2. The number of aliphatic imine (C=N–C) groups is 1. The van der Waals surface area contributed by atoms with Crippen molar-refractivity contribution in [2.24, 2.45) is 10.8 Å². The maximum absolute atomic E-state index is 11.8. The zero-order valence-electron chi connectivity index (χ0n) is 13.7. The number of carbonyl (C=O) groups excluding carboxylic acids is 1. The van der Waals surface area contributed by atoms with Gasteiger partial charge < -0.3 is 5.32 Å². The molecule has 25 heavy (non-hydrogen) atoms. The second-order valence-corrected chi connectivity index (χ2v) is 5.30. The van der Waals surface area contributed by atoms with E-state index in [4.69, 9.17) is 5.84 Å². The van der Waals surface area contributed by atoms with Crippen LogP contribution in [0.1, 0.15) is 16.1 Å². The van der Waals surface area contributed by atoms with Gasteiger partial charge in [-0.3, -0.25) is 14.8 Å². The lowest BCUT2D eigenvalue weighted by Crippen LogP contribution is -2.32. The molecule has 0 aliphatic carbocycles. The molecular formula is C17H17N7O. The van der Waals surface area contributed by atoms with E-state index in [9.17, 15) is 4.79 Å². The Bertz CT molecular complexity index is 941. The van der Waals surface area contributed by atoms with Crippen molar-refractivity contribution in [2.75, 3.05) is 12.1 Å². The van der Waals surface area contributed by atoms with Crippen molar-refractivity contribution >= 4 is 35.2 Å². The molecule has 3 N–H and O–H groups in total. The minimum absolute atomic E-state index is 0.156. The lowest BCUT2D eigenvalue weighted by atomic mass is 10.1. The number of hydrazine groups is 1. The highest BCUT2D eigenvalue weighted by molar-refractivity contribution is 5.92. The molecule has 0 unspecified atom stereocenters. The van der Waals surface area contributed by atoms with E-state index < -0.39 is 0 Å². The first-order valence-corrected chi connectivity index (χ1v) is 7.54. The fraction of sp³-hybridized carbons (Fsp3) is 0.118. The molecule has 1 amide bonds. The third-order valence-electron chi connectivity index (χ3n) is 3.64. The third kappa shape index (κ3) is 3.43. The molecule has 0 radical (unpaired) electrons.